The zero-order valence-corrected chi connectivity index (χ0v) is 11.5. The molecule has 0 heterocycles. The number of halogens is 1. The molecule has 0 radical (unpaired) electrons. The van der Waals surface area contributed by atoms with Gasteiger partial charge in [0.05, 0.1) is 12.7 Å². The molecule has 1 aromatic rings. The van der Waals surface area contributed by atoms with Crippen LogP contribution in [-0.2, 0) is 9.53 Å². The van der Waals surface area contributed by atoms with Crippen LogP contribution in [-0.4, -0.2) is 30.3 Å². The first-order valence-corrected chi connectivity index (χ1v) is 6.48. The number of aliphatic hydroxyl groups is 1. The first-order chi connectivity index (χ1) is 9.54. The van der Waals surface area contributed by atoms with E-state index >= 15 is 0 Å². The van der Waals surface area contributed by atoms with E-state index in [0.29, 0.717) is 18.6 Å². The van der Waals surface area contributed by atoms with Crippen LogP contribution in [0.4, 0.5) is 4.39 Å². The molecule has 110 valence electrons. The summed E-state index contributed by atoms with van der Waals surface area (Å²) in [6.45, 7) is 5.62. The molecule has 5 heteroatoms. The Morgan fingerprint density at radius 3 is 3.00 bits per heavy atom. The van der Waals surface area contributed by atoms with Crippen molar-refractivity contribution in [2.45, 2.75) is 25.6 Å². The Kier molecular flexibility index (Phi) is 6.90. The van der Waals surface area contributed by atoms with Gasteiger partial charge in [-0.25, -0.2) is 4.39 Å². The van der Waals surface area contributed by atoms with E-state index in [1.165, 1.54) is 18.2 Å². The van der Waals surface area contributed by atoms with Gasteiger partial charge in [-0.3, -0.25) is 4.79 Å². The zero-order chi connectivity index (χ0) is 15.0. The summed E-state index contributed by atoms with van der Waals surface area (Å²) in [5, 5.41) is 12.4. The van der Waals surface area contributed by atoms with Crippen LogP contribution in [0.5, 0.6) is 0 Å². The Hall–Kier alpha value is -1.72. The number of aliphatic hydroxyl groups excluding tert-OH is 1. The molecule has 0 saturated heterocycles. The van der Waals surface area contributed by atoms with Crippen molar-refractivity contribution in [3.63, 3.8) is 0 Å². The van der Waals surface area contributed by atoms with Crippen LogP contribution in [0.1, 0.15) is 25.0 Å². The Bertz CT molecular complexity index is 450. The molecule has 0 aliphatic carbocycles. The van der Waals surface area contributed by atoms with Gasteiger partial charge in [0, 0.05) is 6.54 Å². The molecular weight excluding hydrogens is 261 g/mol. The molecule has 0 aliphatic rings. The third-order valence-electron chi connectivity index (χ3n) is 2.76. The fourth-order valence-corrected chi connectivity index (χ4v) is 1.58. The minimum Gasteiger partial charge on any atom is -0.387 e. The number of carbonyl (C=O) groups excluding carboxylic acids is 1. The molecule has 2 unspecified atom stereocenters. The molecule has 1 aromatic carbocycles. The van der Waals surface area contributed by atoms with E-state index < -0.39 is 18.0 Å². The summed E-state index contributed by atoms with van der Waals surface area (Å²) in [7, 11) is 0. The molecule has 2 atom stereocenters. The first-order valence-electron chi connectivity index (χ1n) is 6.48. The molecule has 20 heavy (non-hydrogen) atoms. The fourth-order valence-electron chi connectivity index (χ4n) is 1.58. The van der Waals surface area contributed by atoms with E-state index in [-0.39, 0.29) is 12.5 Å². The van der Waals surface area contributed by atoms with Gasteiger partial charge in [0.2, 0.25) is 5.91 Å². The van der Waals surface area contributed by atoms with Crippen molar-refractivity contribution in [2.75, 3.05) is 13.2 Å². The van der Waals surface area contributed by atoms with Crippen molar-refractivity contribution >= 4 is 5.91 Å². The van der Waals surface area contributed by atoms with E-state index in [2.05, 4.69) is 11.9 Å². The summed E-state index contributed by atoms with van der Waals surface area (Å²) in [5.74, 6) is -0.737. The molecule has 0 fully saturated rings. The maximum absolute atomic E-state index is 13.0. The van der Waals surface area contributed by atoms with Gasteiger partial charge in [0.15, 0.2) is 0 Å². The molecule has 2 N–H and O–H groups in total. The van der Waals surface area contributed by atoms with Crippen molar-refractivity contribution in [3.8, 4) is 0 Å². The van der Waals surface area contributed by atoms with Crippen LogP contribution in [0.25, 0.3) is 0 Å². The number of benzene rings is 1. The van der Waals surface area contributed by atoms with Gasteiger partial charge in [-0.2, -0.15) is 0 Å². The summed E-state index contributed by atoms with van der Waals surface area (Å²) in [4.78, 5) is 11.7. The van der Waals surface area contributed by atoms with Gasteiger partial charge in [-0.1, -0.05) is 18.2 Å². The zero-order valence-electron chi connectivity index (χ0n) is 11.5. The Balaban J connectivity index is 2.38. The second kappa shape index (κ2) is 8.45. The number of nitrogens with one attached hydrogen (secondary N) is 1. The highest BCUT2D eigenvalue weighted by Crippen LogP contribution is 2.13. The number of ether oxygens (including phenoxy) is 1. The number of amides is 1. The van der Waals surface area contributed by atoms with Crippen LogP contribution in [0.15, 0.2) is 36.9 Å². The summed E-state index contributed by atoms with van der Waals surface area (Å²) in [6, 6.07) is 5.64. The Labute approximate surface area is 118 Å². The lowest BCUT2D eigenvalue weighted by Crippen LogP contribution is -2.37. The van der Waals surface area contributed by atoms with Crippen LogP contribution in [0, 0.1) is 5.82 Å². The molecule has 0 saturated carbocycles. The topological polar surface area (TPSA) is 58.6 Å². The van der Waals surface area contributed by atoms with Crippen LogP contribution in [0.3, 0.4) is 0 Å². The number of hydrogen-bond acceptors (Lipinski definition) is 3. The predicted molar refractivity (Wildman–Crippen MR) is 74.6 cm³/mol. The van der Waals surface area contributed by atoms with Crippen molar-refractivity contribution in [1.82, 2.24) is 5.32 Å². The van der Waals surface area contributed by atoms with Crippen molar-refractivity contribution < 1.29 is 19.0 Å². The maximum atomic E-state index is 13.0. The largest absolute Gasteiger partial charge is 0.387 e. The van der Waals surface area contributed by atoms with Crippen LogP contribution >= 0.6 is 0 Å². The third kappa shape index (κ3) is 5.50. The molecule has 1 amide bonds. The molecule has 4 nitrogen and oxygen atoms in total. The van der Waals surface area contributed by atoms with E-state index in [0.717, 1.165) is 0 Å². The smallest absolute Gasteiger partial charge is 0.248 e. The van der Waals surface area contributed by atoms with Crippen LogP contribution < -0.4 is 5.32 Å². The fraction of sp³-hybridized carbons (Fsp3) is 0.400. The lowest BCUT2D eigenvalue weighted by Gasteiger charge is -2.16. The number of hydrogen-bond donors (Lipinski definition) is 2. The van der Waals surface area contributed by atoms with E-state index in [1.807, 2.05) is 0 Å². The minimum absolute atomic E-state index is 0.0114. The highest BCUT2D eigenvalue weighted by atomic mass is 19.1. The highest BCUT2D eigenvalue weighted by molar-refractivity contribution is 5.80. The Morgan fingerprint density at radius 1 is 1.60 bits per heavy atom. The predicted octanol–water partition coefficient (Wildman–Crippen LogP) is 1.96. The average Bonchev–Trinajstić information content (AvgIpc) is 2.44. The van der Waals surface area contributed by atoms with E-state index in [4.69, 9.17) is 4.74 Å². The van der Waals surface area contributed by atoms with Gasteiger partial charge >= 0.3 is 0 Å². The van der Waals surface area contributed by atoms with Gasteiger partial charge in [-0.15, -0.1) is 6.58 Å². The minimum atomic E-state index is -0.949. The third-order valence-corrected chi connectivity index (χ3v) is 2.76. The monoisotopic (exact) mass is 281 g/mol. The van der Waals surface area contributed by atoms with Crippen molar-refractivity contribution in [1.29, 1.82) is 0 Å². The summed E-state index contributed by atoms with van der Waals surface area (Å²) in [5.41, 5.74) is 0.422. The SMILES string of the molecule is C=CCCOC(C)C(=O)NCC(O)c1cccc(F)c1. The second-order valence-electron chi connectivity index (χ2n) is 4.41. The lowest BCUT2D eigenvalue weighted by atomic mass is 10.1. The molecule has 0 spiro atoms. The normalized spacial score (nSPS) is 13.6. The van der Waals surface area contributed by atoms with Gasteiger partial charge < -0.3 is 15.2 Å². The Morgan fingerprint density at radius 2 is 2.35 bits per heavy atom. The van der Waals surface area contributed by atoms with Gasteiger partial charge in [0.25, 0.3) is 0 Å². The second-order valence-corrected chi connectivity index (χ2v) is 4.41. The number of carbonyl (C=O) groups is 1. The quantitative estimate of drug-likeness (QED) is 0.565. The molecule has 0 aliphatic heterocycles. The van der Waals surface area contributed by atoms with Crippen LogP contribution in [0.2, 0.25) is 0 Å². The summed E-state index contributed by atoms with van der Waals surface area (Å²) >= 11 is 0. The lowest BCUT2D eigenvalue weighted by molar-refractivity contribution is -0.132. The average molecular weight is 281 g/mol. The van der Waals surface area contributed by atoms with Crippen molar-refractivity contribution in [2.24, 2.45) is 0 Å². The van der Waals surface area contributed by atoms with Gasteiger partial charge in [-0.05, 0) is 31.0 Å². The summed E-state index contributed by atoms with van der Waals surface area (Å²) < 4.78 is 18.3. The highest BCUT2D eigenvalue weighted by Gasteiger charge is 2.15. The van der Waals surface area contributed by atoms with E-state index in [1.54, 1.807) is 19.1 Å². The molecule has 1 rings (SSSR count). The van der Waals surface area contributed by atoms with Gasteiger partial charge in [0.1, 0.15) is 11.9 Å². The maximum Gasteiger partial charge on any atom is 0.248 e. The number of rotatable bonds is 8. The first kappa shape index (κ1) is 16.3. The van der Waals surface area contributed by atoms with E-state index in [9.17, 15) is 14.3 Å². The molecule has 0 aromatic heterocycles. The standard InChI is InChI=1S/C15H20FNO3/c1-3-4-8-20-11(2)15(19)17-10-14(18)12-6-5-7-13(16)9-12/h3,5-7,9,11,14,18H,1,4,8,10H2,2H3,(H,17,19). The molecular formula is C15H20FNO3. The summed E-state index contributed by atoms with van der Waals surface area (Å²) in [6.07, 6.45) is 0.826. The van der Waals surface area contributed by atoms with Crippen molar-refractivity contribution in [3.05, 3.63) is 48.3 Å². The molecule has 0 bridgehead atoms.